The summed E-state index contributed by atoms with van der Waals surface area (Å²) in [6.07, 6.45) is 0.0194. The van der Waals surface area contributed by atoms with Crippen molar-refractivity contribution in [3.8, 4) is 0 Å². The number of nitrogen functional groups attached to an aromatic ring is 1. The lowest BCUT2D eigenvalue weighted by Crippen LogP contribution is -2.46. The van der Waals surface area contributed by atoms with Gasteiger partial charge in [-0.15, -0.1) is 0 Å². The Hall–Kier alpha value is -4.23. The first-order valence-corrected chi connectivity index (χ1v) is 14.3. The second-order valence-electron chi connectivity index (χ2n) is 10.1. The van der Waals surface area contributed by atoms with Crippen molar-refractivity contribution in [1.82, 2.24) is 38.5 Å². The molecule has 0 aliphatic carbocycles. The van der Waals surface area contributed by atoms with Crippen LogP contribution in [0.1, 0.15) is 20.1 Å². The second-order valence-corrected chi connectivity index (χ2v) is 11.6. The zero-order chi connectivity index (χ0) is 29.6. The maximum atomic E-state index is 12.6. The molecular formula is C24H27N9O8S. The predicted molar refractivity (Wildman–Crippen MR) is 145 cm³/mol. The maximum absolute atomic E-state index is 12.6. The van der Waals surface area contributed by atoms with Gasteiger partial charge in [0.1, 0.15) is 36.8 Å². The molecular weight excluding hydrogens is 574 g/mol. The second kappa shape index (κ2) is 10.6. The summed E-state index contributed by atoms with van der Waals surface area (Å²) in [5.41, 5.74) is 6.92. The fraction of sp³-hybridized carbons (Fsp3) is 0.417. The summed E-state index contributed by atoms with van der Waals surface area (Å²) < 4.78 is 55.3. The number of anilines is 1. The Labute approximate surface area is 238 Å². The van der Waals surface area contributed by atoms with E-state index in [1.165, 1.54) is 23.5 Å². The Morgan fingerprint density at radius 3 is 2.74 bits per heavy atom. The molecule has 3 aromatic heterocycles. The van der Waals surface area contributed by atoms with Gasteiger partial charge in [0.2, 0.25) is 0 Å². The van der Waals surface area contributed by atoms with E-state index in [4.69, 9.17) is 24.7 Å². The van der Waals surface area contributed by atoms with Crippen LogP contribution in [0, 0.1) is 0 Å². The molecule has 1 aromatic carbocycles. The highest BCUT2D eigenvalue weighted by molar-refractivity contribution is 7.88. The van der Waals surface area contributed by atoms with Gasteiger partial charge in [0, 0.05) is 6.54 Å². The van der Waals surface area contributed by atoms with Crippen molar-refractivity contribution in [2.24, 2.45) is 0 Å². The maximum Gasteiger partial charge on any atom is 0.421 e. The first-order valence-electron chi connectivity index (χ1n) is 12.8. The van der Waals surface area contributed by atoms with E-state index in [1.54, 1.807) is 47.4 Å². The Morgan fingerprint density at radius 2 is 1.90 bits per heavy atom. The third kappa shape index (κ3) is 5.37. The molecule has 2 aliphatic rings. The number of hydrogen-bond donors (Lipinski definition) is 3. The molecule has 2 fully saturated rings. The average Bonchev–Trinajstić information content (AvgIpc) is 3.60. The van der Waals surface area contributed by atoms with Gasteiger partial charge in [-0.1, -0.05) is 12.1 Å². The van der Waals surface area contributed by atoms with E-state index in [1.807, 2.05) is 0 Å². The predicted octanol–water partition coefficient (Wildman–Crippen LogP) is -0.203. The summed E-state index contributed by atoms with van der Waals surface area (Å²) >= 11 is 0. The molecule has 5 heterocycles. The molecule has 4 aromatic rings. The van der Waals surface area contributed by atoms with Gasteiger partial charge in [0.05, 0.1) is 30.1 Å². The molecule has 4 atom stereocenters. The molecule has 0 radical (unpaired) electrons. The average molecular weight is 602 g/mol. The van der Waals surface area contributed by atoms with E-state index < -0.39 is 46.6 Å². The van der Waals surface area contributed by atoms with E-state index in [0.29, 0.717) is 22.1 Å². The molecule has 0 spiro atoms. The molecule has 18 heteroatoms. The summed E-state index contributed by atoms with van der Waals surface area (Å²) in [4.78, 5) is 41.4. The molecule has 42 heavy (non-hydrogen) atoms. The van der Waals surface area contributed by atoms with E-state index in [9.17, 15) is 18.0 Å². The summed E-state index contributed by atoms with van der Waals surface area (Å²) in [6.45, 7) is 2.91. The zero-order valence-electron chi connectivity index (χ0n) is 22.4. The number of nitrogens with zero attached hydrogens (tertiary/aromatic N) is 6. The Bertz CT molecular complexity index is 1830. The number of carbonyl (C=O) groups excluding carboxylic acids is 1. The molecule has 0 bridgehead atoms. The van der Waals surface area contributed by atoms with Gasteiger partial charge in [0.25, 0.3) is 5.56 Å². The van der Waals surface area contributed by atoms with Crippen molar-refractivity contribution in [3.63, 3.8) is 0 Å². The zero-order valence-corrected chi connectivity index (χ0v) is 23.2. The number of benzene rings is 1. The van der Waals surface area contributed by atoms with Crippen LogP contribution < -0.4 is 20.7 Å². The van der Waals surface area contributed by atoms with Gasteiger partial charge in [0.15, 0.2) is 23.5 Å². The monoisotopic (exact) mass is 601 g/mol. The molecule has 6 rings (SSSR count). The number of nitrogens with one attached hydrogen (secondary N) is 2. The molecule has 0 saturated carbocycles. The lowest BCUT2D eigenvalue weighted by molar-refractivity contribution is -0.195. The minimum absolute atomic E-state index is 0.0233. The first kappa shape index (κ1) is 27.9. The number of para-hydroxylation sites is 1. The highest BCUT2D eigenvalue weighted by Gasteiger charge is 2.56. The third-order valence-electron chi connectivity index (χ3n) is 6.78. The highest BCUT2D eigenvalue weighted by atomic mass is 32.2. The van der Waals surface area contributed by atoms with Gasteiger partial charge in [-0.05, 0) is 26.0 Å². The van der Waals surface area contributed by atoms with E-state index >= 15 is 0 Å². The number of fused-ring (bicyclic) bond motifs is 3. The third-order valence-corrected chi connectivity index (χ3v) is 7.76. The van der Waals surface area contributed by atoms with Gasteiger partial charge in [-0.3, -0.25) is 13.9 Å². The van der Waals surface area contributed by atoms with Crippen LogP contribution in [-0.2, 0) is 35.7 Å². The van der Waals surface area contributed by atoms with Crippen LogP contribution in [0.4, 0.5) is 10.6 Å². The number of ether oxygens (including phenoxy) is 4. The Kier molecular flexibility index (Phi) is 7.01. The summed E-state index contributed by atoms with van der Waals surface area (Å²) in [7, 11) is -4.36. The van der Waals surface area contributed by atoms with Crippen LogP contribution in [0.3, 0.4) is 0 Å². The summed E-state index contributed by atoms with van der Waals surface area (Å²) in [5, 5.41) is 0.411. The van der Waals surface area contributed by atoms with Gasteiger partial charge in [-0.2, -0.15) is 13.1 Å². The SMILES string of the molecule is CC1(C)O[C@@H]2[C@H](O1)[C@@H](CNS(=O)(=O)NC(=O)OCCn1cnc3ccccc3c1=O)O[C@H]2n1cnc2c(N)ncnc21. The molecule has 2 aliphatic heterocycles. The number of imidazole rings is 1. The van der Waals surface area contributed by atoms with Crippen LogP contribution >= 0.6 is 0 Å². The molecule has 1 amide bonds. The standard InChI is InChI=1S/C24H27N9O8S/c1-24(2)40-17-15(39-22(18(17)41-24)33-12-29-16-19(25)26-10-27-20(16)33)9-30-42(36,37)31-23(35)38-8-7-32-11-28-14-6-4-3-5-13(14)21(32)34/h3-6,10-12,15,17-18,22,30H,7-9H2,1-2H3,(H,31,35)(H2,25,26,27)/t15-,17-,18-,22-/m1/s1. The summed E-state index contributed by atoms with van der Waals surface area (Å²) in [5.74, 6) is -0.774. The van der Waals surface area contributed by atoms with Crippen molar-refractivity contribution in [3.05, 3.63) is 53.6 Å². The number of carbonyl (C=O) groups is 1. The number of nitrogens with two attached hydrogens (primary N) is 1. The lowest BCUT2D eigenvalue weighted by Gasteiger charge is -2.24. The van der Waals surface area contributed by atoms with E-state index in [0.717, 1.165) is 0 Å². The van der Waals surface area contributed by atoms with Crippen molar-refractivity contribution < 1.29 is 32.2 Å². The number of aromatic nitrogens is 6. The van der Waals surface area contributed by atoms with Gasteiger partial charge in [-0.25, -0.2) is 29.5 Å². The Balaban J connectivity index is 1.07. The van der Waals surface area contributed by atoms with E-state index in [-0.39, 0.29) is 31.1 Å². The fourth-order valence-corrected chi connectivity index (χ4v) is 5.71. The summed E-state index contributed by atoms with van der Waals surface area (Å²) in [6, 6.07) is 6.82. The molecule has 17 nitrogen and oxygen atoms in total. The molecule has 2 saturated heterocycles. The number of hydrogen-bond acceptors (Lipinski definition) is 13. The van der Waals surface area contributed by atoms with Crippen molar-refractivity contribution in [2.45, 2.75) is 50.7 Å². The Morgan fingerprint density at radius 1 is 1.12 bits per heavy atom. The normalized spacial score (nSPS) is 23.3. The van der Waals surface area contributed by atoms with Crippen LogP contribution in [0.25, 0.3) is 22.1 Å². The van der Waals surface area contributed by atoms with Crippen LogP contribution in [0.5, 0.6) is 0 Å². The molecule has 4 N–H and O–H groups in total. The van der Waals surface area contributed by atoms with Crippen LogP contribution in [-0.4, -0.2) is 80.8 Å². The van der Waals surface area contributed by atoms with E-state index in [2.05, 4.69) is 24.7 Å². The minimum Gasteiger partial charge on any atom is -0.447 e. The van der Waals surface area contributed by atoms with Crippen molar-refractivity contribution >= 4 is 44.2 Å². The van der Waals surface area contributed by atoms with Crippen LogP contribution in [0.15, 0.2) is 48.0 Å². The first-order chi connectivity index (χ1) is 20.0. The topological polar surface area (TPSA) is 217 Å². The quantitative estimate of drug-likeness (QED) is 0.239. The smallest absolute Gasteiger partial charge is 0.421 e. The lowest BCUT2D eigenvalue weighted by atomic mass is 10.1. The number of rotatable bonds is 8. The minimum atomic E-state index is -4.36. The van der Waals surface area contributed by atoms with Crippen molar-refractivity contribution in [1.29, 1.82) is 0 Å². The van der Waals surface area contributed by atoms with Crippen molar-refractivity contribution in [2.75, 3.05) is 18.9 Å². The molecule has 222 valence electrons. The highest BCUT2D eigenvalue weighted by Crippen LogP contribution is 2.43. The van der Waals surface area contributed by atoms with Gasteiger partial charge < -0.3 is 24.7 Å². The fourth-order valence-electron chi connectivity index (χ4n) is 4.97. The van der Waals surface area contributed by atoms with Gasteiger partial charge >= 0.3 is 16.3 Å². The molecule has 0 unspecified atom stereocenters. The van der Waals surface area contributed by atoms with Crippen LogP contribution in [0.2, 0.25) is 0 Å². The number of amides is 1. The largest absolute Gasteiger partial charge is 0.447 e.